The van der Waals surface area contributed by atoms with Crippen LogP contribution in [0.3, 0.4) is 0 Å². The Labute approximate surface area is 128 Å². The van der Waals surface area contributed by atoms with E-state index in [4.69, 9.17) is 0 Å². The quantitative estimate of drug-likeness (QED) is 0.775. The Hall–Kier alpha value is -2.76. The molecule has 112 valence electrons. The third-order valence-corrected chi connectivity index (χ3v) is 3.34. The van der Waals surface area contributed by atoms with E-state index in [-0.39, 0.29) is 18.4 Å². The zero-order chi connectivity index (χ0) is 15.4. The van der Waals surface area contributed by atoms with Crippen LogP contribution in [0.2, 0.25) is 0 Å². The summed E-state index contributed by atoms with van der Waals surface area (Å²) in [4.78, 5) is 16.2. The molecule has 1 N–H and O–H groups in total. The van der Waals surface area contributed by atoms with Gasteiger partial charge in [0.25, 0.3) is 0 Å². The summed E-state index contributed by atoms with van der Waals surface area (Å²) in [5, 5.41) is 11.2. The van der Waals surface area contributed by atoms with Gasteiger partial charge in [-0.2, -0.15) is 0 Å². The third-order valence-electron chi connectivity index (χ3n) is 3.34. The average Bonchev–Trinajstić information content (AvgIpc) is 2.91. The number of hydrogen-bond acceptors (Lipinski definition) is 4. The lowest BCUT2D eigenvalue weighted by atomic mass is 10.2. The van der Waals surface area contributed by atoms with E-state index in [2.05, 4.69) is 20.6 Å². The third kappa shape index (κ3) is 3.28. The molecule has 2 heterocycles. The molecule has 0 spiro atoms. The van der Waals surface area contributed by atoms with Crippen molar-refractivity contribution in [3.05, 3.63) is 54.4 Å². The predicted molar refractivity (Wildman–Crippen MR) is 83.1 cm³/mol. The number of amides is 1. The molecule has 0 bridgehead atoms. The van der Waals surface area contributed by atoms with E-state index in [1.807, 2.05) is 49.4 Å². The Morgan fingerprint density at radius 2 is 2.05 bits per heavy atom. The van der Waals surface area contributed by atoms with Gasteiger partial charge in [0, 0.05) is 17.9 Å². The molecular weight excluding hydrogens is 278 g/mol. The van der Waals surface area contributed by atoms with Gasteiger partial charge in [-0.05, 0) is 31.2 Å². The highest BCUT2D eigenvalue weighted by Gasteiger charge is 2.11. The zero-order valence-electron chi connectivity index (χ0n) is 12.3. The monoisotopic (exact) mass is 295 g/mol. The first-order valence-corrected chi connectivity index (χ1v) is 7.20. The van der Waals surface area contributed by atoms with Crippen LogP contribution in [0.5, 0.6) is 0 Å². The molecule has 6 nitrogen and oxygen atoms in total. The van der Waals surface area contributed by atoms with Crippen molar-refractivity contribution in [2.24, 2.45) is 0 Å². The fourth-order valence-electron chi connectivity index (χ4n) is 2.35. The topological polar surface area (TPSA) is 72.7 Å². The molecule has 0 radical (unpaired) electrons. The van der Waals surface area contributed by atoms with Gasteiger partial charge in [-0.15, -0.1) is 5.10 Å². The first kappa shape index (κ1) is 14.2. The van der Waals surface area contributed by atoms with Crippen molar-refractivity contribution in [1.82, 2.24) is 25.3 Å². The Morgan fingerprint density at radius 1 is 1.23 bits per heavy atom. The first-order chi connectivity index (χ1) is 10.7. The van der Waals surface area contributed by atoms with Crippen LogP contribution in [0.15, 0.2) is 48.7 Å². The summed E-state index contributed by atoms with van der Waals surface area (Å²) < 4.78 is 1.81. The molecular formula is C16H17N5O. The van der Waals surface area contributed by atoms with E-state index in [9.17, 15) is 4.79 Å². The average molecular weight is 295 g/mol. The smallest absolute Gasteiger partial charge is 0.226 e. The van der Waals surface area contributed by atoms with E-state index >= 15 is 0 Å². The first-order valence-electron chi connectivity index (χ1n) is 7.20. The molecule has 0 aliphatic carbocycles. The van der Waals surface area contributed by atoms with E-state index in [1.165, 1.54) is 0 Å². The number of carbonyl (C=O) groups excluding carboxylic acids is 1. The number of aromatic nitrogens is 4. The van der Waals surface area contributed by atoms with Gasteiger partial charge in [0.2, 0.25) is 5.91 Å². The minimum absolute atomic E-state index is 0.0404. The molecule has 0 unspecified atom stereocenters. The predicted octanol–water partition coefficient (Wildman–Crippen LogP) is 1.57. The Morgan fingerprint density at radius 3 is 2.86 bits per heavy atom. The lowest BCUT2D eigenvalue weighted by Crippen LogP contribution is -2.37. The summed E-state index contributed by atoms with van der Waals surface area (Å²) in [6, 6.07) is 13.3. The van der Waals surface area contributed by atoms with Crippen LogP contribution in [-0.2, 0) is 17.8 Å². The lowest BCUT2D eigenvalue weighted by molar-refractivity contribution is -0.121. The van der Waals surface area contributed by atoms with Crippen LogP contribution in [0.25, 0.3) is 11.0 Å². The summed E-state index contributed by atoms with van der Waals surface area (Å²) in [5.74, 6) is -0.0457. The van der Waals surface area contributed by atoms with Gasteiger partial charge < -0.3 is 5.32 Å². The SMILES string of the molecule is C[C@@H](Cn1nnc2ccccc21)NC(=O)Cc1ccccn1. The van der Waals surface area contributed by atoms with E-state index < -0.39 is 0 Å². The summed E-state index contributed by atoms with van der Waals surface area (Å²) in [6.07, 6.45) is 1.97. The maximum absolute atomic E-state index is 12.0. The molecule has 0 saturated heterocycles. The van der Waals surface area contributed by atoms with Crippen LogP contribution in [0.4, 0.5) is 0 Å². The van der Waals surface area contributed by atoms with Crippen LogP contribution >= 0.6 is 0 Å². The molecule has 6 heteroatoms. The van der Waals surface area contributed by atoms with Gasteiger partial charge in [-0.3, -0.25) is 9.78 Å². The van der Waals surface area contributed by atoms with Gasteiger partial charge in [-0.1, -0.05) is 23.4 Å². The number of nitrogens with zero attached hydrogens (tertiary/aromatic N) is 4. The number of nitrogens with one attached hydrogen (secondary N) is 1. The molecule has 3 rings (SSSR count). The number of para-hydroxylation sites is 1. The summed E-state index contributed by atoms with van der Waals surface area (Å²) in [7, 11) is 0. The summed E-state index contributed by atoms with van der Waals surface area (Å²) in [5.41, 5.74) is 2.58. The minimum Gasteiger partial charge on any atom is -0.351 e. The Bertz CT molecular complexity index is 768. The maximum atomic E-state index is 12.0. The van der Waals surface area contributed by atoms with Crippen molar-refractivity contribution in [1.29, 1.82) is 0 Å². The number of fused-ring (bicyclic) bond motifs is 1. The number of pyridine rings is 1. The van der Waals surface area contributed by atoms with Crippen LogP contribution in [0, 0.1) is 0 Å². The lowest BCUT2D eigenvalue weighted by Gasteiger charge is -2.14. The van der Waals surface area contributed by atoms with Crippen LogP contribution in [0.1, 0.15) is 12.6 Å². The van der Waals surface area contributed by atoms with Crippen molar-refractivity contribution in [3.8, 4) is 0 Å². The largest absolute Gasteiger partial charge is 0.351 e. The standard InChI is InChI=1S/C16H17N5O/c1-12(18-16(22)10-13-6-4-5-9-17-13)11-21-15-8-3-2-7-14(15)19-20-21/h2-9,12H,10-11H2,1H3,(H,18,22)/t12-/m0/s1. The molecule has 3 aromatic rings. The van der Waals surface area contributed by atoms with Crippen molar-refractivity contribution in [2.75, 3.05) is 0 Å². The van der Waals surface area contributed by atoms with Gasteiger partial charge >= 0.3 is 0 Å². The molecule has 1 aromatic carbocycles. The molecule has 22 heavy (non-hydrogen) atoms. The summed E-state index contributed by atoms with van der Waals surface area (Å²) >= 11 is 0. The van der Waals surface area contributed by atoms with Gasteiger partial charge in [-0.25, -0.2) is 4.68 Å². The molecule has 2 aromatic heterocycles. The molecule has 0 aliphatic rings. The van der Waals surface area contributed by atoms with Crippen molar-refractivity contribution in [3.63, 3.8) is 0 Å². The molecule has 0 aliphatic heterocycles. The normalized spacial score (nSPS) is 12.2. The fraction of sp³-hybridized carbons (Fsp3) is 0.250. The Balaban J connectivity index is 1.60. The number of carbonyl (C=O) groups is 1. The second-order valence-corrected chi connectivity index (χ2v) is 5.23. The number of hydrogen-bond donors (Lipinski definition) is 1. The van der Waals surface area contributed by atoms with Gasteiger partial charge in [0.1, 0.15) is 5.52 Å². The second-order valence-electron chi connectivity index (χ2n) is 5.23. The van der Waals surface area contributed by atoms with Crippen molar-refractivity contribution >= 4 is 16.9 Å². The summed E-state index contributed by atoms with van der Waals surface area (Å²) in [6.45, 7) is 2.53. The van der Waals surface area contributed by atoms with Crippen LogP contribution < -0.4 is 5.32 Å². The van der Waals surface area contributed by atoms with Crippen molar-refractivity contribution < 1.29 is 4.79 Å². The minimum atomic E-state index is -0.0457. The van der Waals surface area contributed by atoms with E-state index in [1.54, 1.807) is 10.9 Å². The highest BCUT2D eigenvalue weighted by Crippen LogP contribution is 2.10. The van der Waals surface area contributed by atoms with Crippen LogP contribution in [-0.4, -0.2) is 31.9 Å². The highest BCUT2D eigenvalue weighted by molar-refractivity contribution is 5.78. The number of rotatable bonds is 5. The molecule has 1 amide bonds. The van der Waals surface area contributed by atoms with Gasteiger partial charge in [0.05, 0.1) is 18.5 Å². The van der Waals surface area contributed by atoms with E-state index in [0.29, 0.717) is 6.54 Å². The zero-order valence-corrected chi connectivity index (χ0v) is 12.3. The highest BCUT2D eigenvalue weighted by atomic mass is 16.1. The Kier molecular flexibility index (Phi) is 4.09. The maximum Gasteiger partial charge on any atom is 0.226 e. The molecule has 0 saturated carbocycles. The fourth-order valence-corrected chi connectivity index (χ4v) is 2.35. The molecule has 1 atom stereocenters. The second kappa shape index (κ2) is 6.34. The van der Waals surface area contributed by atoms with Gasteiger partial charge in [0.15, 0.2) is 0 Å². The molecule has 0 fully saturated rings. The van der Waals surface area contributed by atoms with Crippen molar-refractivity contribution in [2.45, 2.75) is 25.9 Å². The van der Waals surface area contributed by atoms with E-state index in [0.717, 1.165) is 16.7 Å². The number of benzene rings is 1.